The number of allylic oxidation sites excluding steroid dienone is 1. The molecule has 2 heteroatoms. The van der Waals surface area contributed by atoms with Crippen molar-refractivity contribution in [3.63, 3.8) is 0 Å². The summed E-state index contributed by atoms with van der Waals surface area (Å²) in [6, 6.07) is 0. The molecule has 11 heavy (non-hydrogen) atoms. The lowest BCUT2D eigenvalue weighted by Crippen LogP contribution is -2.24. The van der Waals surface area contributed by atoms with Crippen molar-refractivity contribution < 1.29 is 0 Å². The molecule has 0 amide bonds. The van der Waals surface area contributed by atoms with Crippen LogP contribution in [0.1, 0.15) is 27.2 Å². The van der Waals surface area contributed by atoms with Gasteiger partial charge < -0.3 is 4.90 Å². The second kappa shape index (κ2) is 5.96. The highest BCUT2D eigenvalue weighted by Gasteiger charge is 2.02. The number of hydrogen-bond acceptors (Lipinski definition) is 2. The molecule has 0 aliphatic carbocycles. The molecule has 0 saturated heterocycles. The Labute approximate surface area is 69.6 Å². The highest BCUT2D eigenvalue weighted by Crippen LogP contribution is 2.02. The maximum Gasteiger partial charge on any atom is 0.0891 e. The van der Waals surface area contributed by atoms with E-state index in [1.807, 2.05) is 27.1 Å². The van der Waals surface area contributed by atoms with Crippen LogP contribution in [0.25, 0.3) is 0 Å². The molecule has 0 N–H and O–H groups in total. The second-order valence-electron chi connectivity index (χ2n) is 2.30. The average Bonchev–Trinajstić information content (AvgIpc) is 2.10. The van der Waals surface area contributed by atoms with Crippen LogP contribution in [0.15, 0.2) is 17.3 Å². The summed E-state index contributed by atoms with van der Waals surface area (Å²) < 4.78 is 0. The SMILES string of the molecule is C=C(C)N1C=NCCC1.CC. The lowest BCUT2D eigenvalue weighted by molar-refractivity contribution is 0.491. The predicted molar refractivity (Wildman–Crippen MR) is 50.8 cm³/mol. The van der Waals surface area contributed by atoms with Gasteiger partial charge in [0, 0.05) is 18.8 Å². The Hall–Kier alpha value is -0.790. The molecule has 0 aromatic rings. The summed E-state index contributed by atoms with van der Waals surface area (Å²) in [6.07, 6.45) is 3.02. The molecule has 0 saturated carbocycles. The predicted octanol–water partition coefficient (Wildman–Crippen LogP) is 2.28. The molecule has 64 valence electrons. The van der Waals surface area contributed by atoms with Crippen molar-refractivity contribution in [2.75, 3.05) is 13.1 Å². The van der Waals surface area contributed by atoms with Gasteiger partial charge in [-0.25, -0.2) is 0 Å². The van der Waals surface area contributed by atoms with E-state index >= 15 is 0 Å². The van der Waals surface area contributed by atoms with Gasteiger partial charge in [-0.15, -0.1) is 0 Å². The number of aliphatic imine (C=N–C) groups is 1. The maximum atomic E-state index is 4.12. The van der Waals surface area contributed by atoms with Gasteiger partial charge in [0.1, 0.15) is 0 Å². The fraction of sp³-hybridized carbons (Fsp3) is 0.667. The van der Waals surface area contributed by atoms with E-state index < -0.39 is 0 Å². The van der Waals surface area contributed by atoms with Crippen molar-refractivity contribution in [1.82, 2.24) is 4.90 Å². The number of rotatable bonds is 1. The van der Waals surface area contributed by atoms with Crippen LogP contribution in [0.3, 0.4) is 0 Å². The van der Waals surface area contributed by atoms with Crippen molar-refractivity contribution >= 4 is 6.34 Å². The standard InChI is InChI=1S/C7H12N2.C2H6/c1-7(2)9-5-3-4-8-6-9;1-2/h6H,1,3-5H2,2H3;1-2H3. The van der Waals surface area contributed by atoms with Crippen LogP contribution in [0.4, 0.5) is 0 Å². The second-order valence-corrected chi connectivity index (χ2v) is 2.30. The van der Waals surface area contributed by atoms with Crippen LogP contribution in [0.2, 0.25) is 0 Å². The zero-order chi connectivity index (χ0) is 8.69. The minimum Gasteiger partial charge on any atom is -0.337 e. The third-order valence-corrected chi connectivity index (χ3v) is 1.40. The minimum atomic E-state index is 0.976. The Balaban J connectivity index is 0.000000461. The van der Waals surface area contributed by atoms with Crippen LogP contribution in [-0.2, 0) is 0 Å². The Morgan fingerprint density at radius 1 is 1.55 bits per heavy atom. The molecule has 1 heterocycles. The largest absolute Gasteiger partial charge is 0.337 e. The molecule has 0 radical (unpaired) electrons. The topological polar surface area (TPSA) is 15.6 Å². The molecule has 0 atom stereocenters. The van der Waals surface area contributed by atoms with E-state index in [1.54, 1.807) is 0 Å². The smallest absolute Gasteiger partial charge is 0.0891 e. The van der Waals surface area contributed by atoms with Gasteiger partial charge in [0.15, 0.2) is 0 Å². The fourth-order valence-electron chi connectivity index (χ4n) is 0.836. The first kappa shape index (κ1) is 10.2. The van der Waals surface area contributed by atoms with Gasteiger partial charge in [0.05, 0.1) is 6.34 Å². The van der Waals surface area contributed by atoms with Crippen molar-refractivity contribution in [2.24, 2.45) is 4.99 Å². The van der Waals surface area contributed by atoms with Gasteiger partial charge in [-0.1, -0.05) is 20.4 Å². The van der Waals surface area contributed by atoms with E-state index in [0.717, 1.165) is 25.2 Å². The van der Waals surface area contributed by atoms with E-state index in [2.05, 4.69) is 16.5 Å². The summed E-state index contributed by atoms with van der Waals surface area (Å²) in [6.45, 7) is 11.9. The molecule has 0 fully saturated rings. The first-order valence-electron chi connectivity index (χ1n) is 4.23. The molecule has 0 aromatic heterocycles. The van der Waals surface area contributed by atoms with E-state index in [4.69, 9.17) is 0 Å². The molecular formula is C9H18N2. The molecule has 0 unspecified atom stereocenters. The van der Waals surface area contributed by atoms with Crippen LogP contribution < -0.4 is 0 Å². The van der Waals surface area contributed by atoms with Gasteiger partial charge in [-0.2, -0.15) is 0 Å². The third kappa shape index (κ3) is 3.81. The van der Waals surface area contributed by atoms with E-state index in [9.17, 15) is 0 Å². The summed E-state index contributed by atoms with van der Waals surface area (Å²) in [7, 11) is 0. The molecule has 2 nitrogen and oxygen atoms in total. The number of nitrogens with zero attached hydrogens (tertiary/aromatic N) is 2. The number of hydrogen-bond donors (Lipinski definition) is 0. The van der Waals surface area contributed by atoms with Crippen molar-refractivity contribution in [1.29, 1.82) is 0 Å². The molecule has 0 aromatic carbocycles. The van der Waals surface area contributed by atoms with Gasteiger partial charge >= 0.3 is 0 Å². The molecular weight excluding hydrogens is 136 g/mol. The van der Waals surface area contributed by atoms with Gasteiger partial charge in [-0.3, -0.25) is 4.99 Å². The van der Waals surface area contributed by atoms with Gasteiger partial charge in [0.2, 0.25) is 0 Å². The summed E-state index contributed by atoms with van der Waals surface area (Å²) in [4.78, 5) is 6.19. The Kier molecular flexibility index (Phi) is 5.53. The van der Waals surface area contributed by atoms with E-state index in [0.29, 0.717) is 0 Å². The summed E-state index contributed by atoms with van der Waals surface area (Å²) in [5, 5.41) is 0. The van der Waals surface area contributed by atoms with Crippen LogP contribution >= 0.6 is 0 Å². The highest BCUT2D eigenvalue weighted by molar-refractivity contribution is 5.58. The van der Waals surface area contributed by atoms with Crippen molar-refractivity contribution in [2.45, 2.75) is 27.2 Å². The Bertz CT molecular complexity index is 138. The summed E-state index contributed by atoms with van der Waals surface area (Å²) in [5.41, 5.74) is 1.08. The average molecular weight is 154 g/mol. The Morgan fingerprint density at radius 3 is 2.45 bits per heavy atom. The third-order valence-electron chi connectivity index (χ3n) is 1.40. The molecule has 0 spiro atoms. The monoisotopic (exact) mass is 154 g/mol. The lowest BCUT2D eigenvalue weighted by Gasteiger charge is -2.21. The van der Waals surface area contributed by atoms with Gasteiger partial charge in [-0.05, 0) is 13.3 Å². The van der Waals surface area contributed by atoms with Gasteiger partial charge in [0.25, 0.3) is 0 Å². The molecule has 1 rings (SSSR count). The summed E-state index contributed by atoms with van der Waals surface area (Å²) in [5.74, 6) is 0. The first-order valence-corrected chi connectivity index (χ1v) is 4.23. The Morgan fingerprint density at radius 2 is 2.18 bits per heavy atom. The quantitative estimate of drug-likeness (QED) is 0.565. The lowest BCUT2D eigenvalue weighted by atomic mass is 10.3. The van der Waals surface area contributed by atoms with Crippen LogP contribution in [-0.4, -0.2) is 24.3 Å². The van der Waals surface area contributed by atoms with E-state index in [1.165, 1.54) is 0 Å². The zero-order valence-electron chi connectivity index (χ0n) is 7.80. The zero-order valence-corrected chi connectivity index (χ0v) is 7.80. The molecule has 1 aliphatic rings. The molecule has 1 aliphatic heterocycles. The van der Waals surface area contributed by atoms with Crippen LogP contribution in [0, 0.1) is 0 Å². The van der Waals surface area contributed by atoms with E-state index in [-0.39, 0.29) is 0 Å². The normalized spacial score (nSPS) is 15.4. The maximum absolute atomic E-state index is 4.12. The summed E-state index contributed by atoms with van der Waals surface area (Å²) >= 11 is 0. The highest BCUT2D eigenvalue weighted by atomic mass is 15.2. The first-order chi connectivity index (χ1) is 5.30. The molecule has 0 bridgehead atoms. The van der Waals surface area contributed by atoms with Crippen LogP contribution in [0.5, 0.6) is 0 Å². The van der Waals surface area contributed by atoms with Crippen molar-refractivity contribution in [3.05, 3.63) is 12.3 Å². The minimum absolute atomic E-state index is 0.976. The van der Waals surface area contributed by atoms with Crippen molar-refractivity contribution in [3.8, 4) is 0 Å². The fourth-order valence-corrected chi connectivity index (χ4v) is 0.836.